The van der Waals surface area contributed by atoms with Crippen LogP contribution in [-0.2, 0) is 33.5 Å². The number of rotatable bonds is 5. The summed E-state index contributed by atoms with van der Waals surface area (Å²) in [4.78, 5) is 47.9. The van der Waals surface area contributed by atoms with E-state index in [1.807, 2.05) is 0 Å². The van der Waals surface area contributed by atoms with Crippen molar-refractivity contribution in [3.63, 3.8) is 0 Å². The highest BCUT2D eigenvalue weighted by atomic mass is 35.5. The number of piperidine rings is 1. The van der Waals surface area contributed by atoms with Gasteiger partial charge in [-0.2, -0.15) is 24.5 Å². The van der Waals surface area contributed by atoms with Gasteiger partial charge in [0.05, 0.1) is 12.2 Å². The highest BCUT2D eigenvalue weighted by molar-refractivity contribution is 7.08. The summed E-state index contributed by atoms with van der Waals surface area (Å²) < 4.78 is 41.1. The minimum Gasteiger partial charge on any atom is -0.336 e. The summed E-state index contributed by atoms with van der Waals surface area (Å²) in [7, 11) is 0. The predicted molar refractivity (Wildman–Crippen MR) is 124 cm³/mol. The number of alkyl halides is 3. The van der Waals surface area contributed by atoms with Crippen LogP contribution in [0.2, 0.25) is 0 Å². The molecule has 4 heterocycles. The van der Waals surface area contributed by atoms with Crippen LogP contribution >= 0.6 is 23.7 Å². The zero-order valence-corrected chi connectivity index (χ0v) is 20.5. The molecule has 190 valence electrons. The Bertz CT molecular complexity index is 1110. The van der Waals surface area contributed by atoms with Crippen molar-refractivity contribution in [3.8, 4) is 11.4 Å². The average molecular weight is 532 g/mol. The summed E-state index contributed by atoms with van der Waals surface area (Å²) in [6.45, 7) is 1.65. The van der Waals surface area contributed by atoms with Crippen LogP contribution in [0.4, 0.5) is 13.2 Å². The third kappa shape index (κ3) is 5.81. The Morgan fingerprint density at radius 1 is 1.29 bits per heavy atom. The second-order valence-corrected chi connectivity index (χ2v) is 9.42. The third-order valence-electron chi connectivity index (χ3n) is 6.10. The summed E-state index contributed by atoms with van der Waals surface area (Å²) in [5.41, 5.74) is 5.74. The molecule has 2 atom stereocenters. The monoisotopic (exact) mass is 531 g/mol. The Morgan fingerprint density at radius 2 is 2.03 bits per heavy atom. The van der Waals surface area contributed by atoms with Crippen molar-refractivity contribution < 1.29 is 27.6 Å². The smallest absolute Gasteiger partial charge is 0.336 e. The first-order chi connectivity index (χ1) is 16.0. The molecule has 2 aliphatic heterocycles. The van der Waals surface area contributed by atoms with Crippen LogP contribution in [0.5, 0.6) is 0 Å². The van der Waals surface area contributed by atoms with E-state index in [1.54, 1.807) is 23.8 Å². The quantitative estimate of drug-likeness (QED) is 0.594. The van der Waals surface area contributed by atoms with E-state index in [-0.39, 0.29) is 92.0 Å². The second kappa shape index (κ2) is 10.6. The van der Waals surface area contributed by atoms with E-state index >= 15 is 0 Å². The largest absolute Gasteiger partial charge is 0.433 e. The van der Waals surface area contributed by atoms with E-state index in [0.717, 1.165) is 4.90 Å². The number of nitrogens with zero attached hydrogens (tertiary/aromatic N) is 4. The highest BCUT2D eigenvalue weighted by Crippen LogP contribution is 2.35. The van der Waals surface area contributed by atoms with Gasteiger partial charge in [0.2, 0.25) is 17.7 Å². The predicted octanol–water partition coefficient (Wildman–Crippen LogP) is 3.03. The molecule has 3 amide bonds. The molecule has 2 aliphatic rings. The highest BCUT2D eigenvalue weighted by Gasteiger charge is 2.39. The van der Waals surface area contributed by atoms with E-state index in [1.165, 1.54) is 16.2 Å². The van der Waals surface area contributed by atoms with Crippen LogP contribution < -0.4 is 5.73 Å². The fraction of sp³-hybridized carbons (Fsp3) is 0.500. The van der Waals surface area contributed by atoms with Crippen molar-refractivity contribution in [2.24, 2.45) is 11.7 Å². The molecule has 0 spiro atoms. The lowest BCUT2D eigenvalue weighted by molar-refractivity contribution is -0.152. The lowest BCUT2D eigenvalue weighted by atomic mass is 9.97. The van der Waals surface area contributed by atoms with Crippen molar-refractivity contribution >= 4 is 41.5 Å². The maximum Gasteiger partial charge on any atom is 0.433 e. The normalized spacial score (nSPS) is 19.3. The molecule has 0 bridgehead atoms. The van der Waals surface area contributed by atoms with Gasteiger partial charge in [0.1, 0.15) is 0 Å². The fourth-order valence-corrected chi connectivity index (χ4v) is 4.86. The summed E-state index contributed by atoms with van der Waals surface area (Å²) in [6.07, 6.45) is -4.07. The van der Waals surface area contributed by atoms with E-state index in [2.05, 4.69) is 9.97 Å². The van der Waals surface area contributed by atoms with E-state index < -0.39 is 17.9 Å². The average Bonchev–Trinajstić information content (AvgIpc) is 3.32. The molecular formula is C22H25ClF3N5O3S. The number of aromatic nitrogens is 2. The minimum absolute atomic E-state index is 0. The van der Waals surface area contributed by atoms with Gasteiger partial charge in [-0.3, -0.25) is 19.3 Å². The van der Waals surface area contributed by atoms with Crippen LogP contribution in [-0.4, -0.2) is 56.6 Å². The maximum absolute atomic E-state index is 13.7. The van der Waals surface area contributed by atoms with Gasteiger partial charge in [0, 0.05) is 54.4 Å². The van der Waals surface area contributed by atoms with Gasteiger partial charge in [-0.05, 0) is 24.3 Å². The van der Waals surface area contributed by atoms with Crippen LogP contribution in [0.25, 0.3) is 11.4 Å². The Hall–Kier alpha value is -2.57. The molecule has 8 nitrogen and oxygen atoms in total. The number of carbonyl (C=O) groups excluding carboxylic acids is 3. The first-order valence-electron chi connectivity index (χ1n) is 10.9. The number of hydrogen-bond donors (Lipinski definition) is 1. The number of thiophene rings is 1. The molecule has 0 aliphatic carbocycles. The van der Waals surface area contributed by atoms with E-state index in [0.29, 0.717) is 12.0 Å². The molecule has 2 aromatic heterocycles. The number of amides is 3. The molecule has 2 aromatic rings. The number of likely N-dealkylation sites (tertiary alicyclic amines) is 1. The van der Waals surface area contributed by atoms with Crippen LogP contribution in [0.3, 0.4) is 0 Å². The molecule has 13 heteroatoms. The Labute approximate surface area is 210 Å². The Morgan fingerprint density at radius 3 is 2.69 bits per heavy atom. The zero-order chi connectivity index (χ0) is 24.6. The van der Waals surface area contributed by atoms with Gasteiger partial charge in [-0.1, -0.05) is 6.92 Å². The van der Waals surface area contributed by atoms with Gasteiger partial charge in [0.25, 0.3) is 0 Å². The standard InChI is InChI=1S/C22H24F3N5O3S.ClH/c1-12-2-3-17(31)30(21(12)33)9-14(26)8-18(32)29-6-4-15-16(10-29)27-20(13-5-7-34-11-13)28-19(15)22(23,24)25;/h5,7,11-12,14H,2-4,6,8-10,26H2,1H3;1H/t12?,14-;/m1./s1. The van der Waals surface area contributed by atoms with Gasteiger partial charge in [-0.15, -0.1) is 12.4 Å². The third-order valence-corrected chi connectivity index (χ3v) is 6.78. The lowest BCUT2D eigenvalue weighted by Gasteiger charge is -2.32. The lowest BCUT2D eigenvalue weighted by Crippen LogP contribution is -2.50. The molecule has 4 rings (SSSR count). The fourth-order valence-electron chi connectivity index (χ4n) is 4.23. The van der Waals surface area contributed by atoms with Crippen LogP contribution in [0, 0.1) is 5.92 Å². The van der Waals surface area contributed by atoms with Crippen molar-refractivity contribution in [3.05, 3.63) is 33.8 Å². The van der Waals surface area contributed by atoms with E-state index in [4.69, 9.17) is 5.73 Å². The van der Waals surface area contributed by atoms with Gasteiger partial charge < -0.3 is 10.6 Å². The molecule has 0 radical (unpaired) electrons. The van der Waals surface area contributed by atoms with Crippen molar-refractivity contribution in [1.29, 1.82) is 0 Å². The molecule has 2 N–H and O–H groups in total. The second-order valence-electron chi connectivity index (χ2n) is 8.64. The topological polar surface area (TPSA) is 109 Å². The number of carbonyl (C=O) groups is 3. The number of halogens is 4. The first kappa shape index (κ1) is 27.0. The van der Waals surface area contributed by atoms with Crippen LogP contribution in [0.15, 0.2) is 16.8 Å². The van der Waals surface area contributed by atoms with Crippen molar-refractivity contribution in [2.45, 2.75) is 51.4 Å². The molecule has 1 saturated heterocycles. The molecule has 1 unspecified atom stereocenters. The molecule has 1 fully saturated rings. The van der Waals surface area contributed by atoms with Crippen molar-refractivity contribution in [1.82, 2.24) is 19.8 Å². The molecular weight excluding hydrogens is 507 g/mol. The molecule has 0 saturated carbocycles. The number of hydrogen-bond acceptors (Lipinski definition) is 7. The summed E-state index contributed by atoms with van der Waals surface area (Å²) in [5.74, 6) is -1.29. The number of nitrogens with two attached hydrogens (primary N) is 1. The minimum atomic E-state index is -4.64. The maximum atomic E-state index is 13.7. The summed E-state index contributed by atoms with van der Waals surface area (Å²) in [5, 5.41) is 3.39. The molecule has 35 heavy (non-hydrogen) atoms. The first-order valence-corrected chi connectivity index (χ1v) is 11.9. The van der Waals surface area contributed by atoms with Crippen molar-refractivity contribution in [2.75, 3.05) is 13.1 Å². The Kier molecular flexibility index (Phi) is 8.17. The van der Waals surface area contributed by atoms with Gasteiger partial charge in [-0.25, -0.2) is 9.97 Å². The van der Waals surface area contributed by atoms with Gasteiger partial charge in [0.15, 0.2) is 11.5 Å². The number of imide groups is 1. The SMILES string of the molecule is CC1CCC(=O)N(C[C@H](N)CC(=O)N2CCc3c(nc(-c4ccsc4)nc3C(F)(F)F)C2)C1=O.Cl. The Balaban J connectivity index is 0.00000342. The summed E-state index contributed by atoms with van der Waals surface area (Å²) >= 11 is 1.32. The van der Waals surface area contributed by atoms with Gasteiger partial charge >= 0.3 is 6.18 Å². The van der Waals surface area contributed by atoms with Crippen LogP contribution in [0.1, 0.15) is 43.1 Å². The molecule has 0 aromatic carbocycles. The van der Waals surface area contributed by atoms with E-state index in [9.17, 15) is 27.6 Å². The number of fused-ring (bicyclic) bond motifs is 1. The summed E-state index contributed by atoms with van der Waals surface area (Å²) in [6, 6.07) is 0.867. The zero-order valence-electron chi connectivity index (χ0n) is 18.9.